The van der Waals surface area contributed by atoms with Crippen LogP contribution < -0.4 is 5.32 Å². The molecule has 0 spiro atoms. The topological polar surface area (TPSA) is 12.0 Å². The second kappa shape index (κ2) is 5.16. The van der Waals surface area contributed by atoms with Crippen LogP contribution in [0.25, 0.3) is 0 Å². The van der Waals surface area contributed by atoms with Crippen molar-refractivity contribution in [3.05, 3.63) is 12.2 Å². The maximum absolute atomic E-state index is 4.00. The fourth-order valence-corrected chi connectivity index (χ4v) is 2.37. The van der Waals surface area contributed by atoms with Crippen molar-refractivity contribution in [1.29, 1.82) is 0 Å². The maximum Gasteiger partial charge on any atom is 0.0104 e. The first kappa shape index (κ1) is 12.8. The molecule has 2 atom stereocenters. The lowest BCUT2D eigenvalue weighted by atomic mass is 9.98. The summed E-state index contributed by atoms with van der Waals surface area (Å²) in [4.78, 5) is 0. The second-order valence-corrected chi connectivity index (χ2v) is 5.86. The van der Waals surface area contributed by atoms with E-state index in [-0.39, 0.29) is 0 Å². The third-order valence-corrected chi connectivity index (χ3v) is 3.61. The standard InChI is InChI=1S/C14H27N/c1-6-9-15-13(8-7-11(2)3)12-10-14(12,4)5/h12-13,15H,2,6-10H2,1,3-5H3. The molecule has 0 aliphatic heterocycles. The Kier molecular flexibility index (Phi) is 4.39. The van der Waals surface area contributed by atoms with Crippen LogP contribution in [0.2, 0.25) is 0 Å². The van der Waals surface area contributed by atoms with Crippen LogP contribution in [0.15, 0.2) is 12.2 Å². The summed E-state index contributed by atoms with van der Waals surface area (Å²) in [5.74, 6) is 0.892. The third-order valence-electron chi connectivity index (χ3n) is 3.61. The van der Waals surface area contributed by atoms with Crippen molar-refractivity contribution in [3.63, 3.8) is 0 Å². The van der Waals surface area contributed by atoms with Gasteiger partial charge < -0.3 is 5.32 Å². The second-order valence-electron chi connectivity index (χ2n) is 5.86. The van der Waals surface area contributed by atoms with E-state index in [1.807, 2.05) is 0 Å². The van der Waals surface area contributed by atoms with E-state index in [1.165, 1.54) is 31.3 Å². The van der Waals surface area contributed by atoms with Crippen LogP contribution in [0, 0.1) is 11.3 Å². The predicted molar refractivity (Wildman–Crippen MR) is 68.0 cm³/mol. The molecule has 0 aromatic heterocycles. The van der Waals surface area contributed by atoms with E-state index in [9.17, 15) is 0 Å². The lowest BCUT2D eigenvalue weighted by Crippen LogP contribution is -2.33. The quantitative estimate of drug-likeness (QED) is 0.630. The largest absolute Gasteiger partial charge is 0.314 e. The zero-order chi connectivity index (χ0) is 11.5. The van der Waals surface area contributed by atoms with Gasteiger partial charge in [0.05, 0.1) is 0 Å². The Bertz CT molecular complexity index is 217. The SMILES string of the molecule is C=C(C)CCC(NCCC)C1CC1(C)C. The average Bonchev–Trinajstić information content (AvgIpc) is 2.75. The van der Waals surface area contributed by atoms with Gasteiger partial charge in [0.15, 0.2) is 0 Å². The molecule has 0 radical (unpaired) electrons. The highest BCUT2D eigenvalue weighted by atomic mass is 14.9. The molecule has 0 heterocycles. The molecule has 1 rings (SSSR count). The maximum atomic E-state index is 4.00. The van der Waals surface area contributed by atoms with Crippen molar-refractivity contribution < 1.29 is 0 Å². The highest BCUT2D eigenvalue weighted by Crippen LogP contribution is 2.54. The number of hydrogen-bond donors (Lipinski definition) is 1. The summed E-state index contributed by atoms with van der Waals surface area (Å²) in [7, 11) is 0. The third kappa shape index (κ3) is 3.98. The molecular formula is C14H27N. The predicted octanol–water partition coefficient (Wildman–Crippen LogP) is 3.76. The minimum atomic E-state index is 0.584. The van der Waals surface area contributed by atoms with Gasteiger partial charge in [0.2, 0.25) is 0 Å². The van der Waals surface area contributed by atoms with Gasteiger partial charge in [-0.3, -0.25) is 0 Å². The minimum absolute atomic E-state index is 0.584. The van der Waals surface area contributed by atoms with Crippen molar-refractivity contribution >= 4 is 0 Å². The lowest BCUT2D eigenvalue weighted by molar-refractivity contribution is 0.385. The molecule has 0 aromatic carbocycles. The van der Waals surface area contributed by atoms with E-state index in [2.05, 4.69) is 39.6 Å². The number of hydrogen-bond acceptors (Lipinski definition) is 1. The molecule has 1 fully saturated rings. The van der Waals surface area contributed by atoms with E-state index in [0.717, 1.165) is 18.5 Å². The molecule has 0 saturated heterocycles. The Morgan fingerprint density at radius 3 is 2.53 bits per heavy atom. The summed E-state index contributed by atoms with van der Waals surface area (Å²) < 4.78 is 0. The molecule has 1 nitrogen and oxygen atoms in total. The summed E-state index contributed by atoms with van der Waals surface area (Å²) in [6.07, 6.45) is 5.07. The summed E-state index contributed by atoms with van der Waals surface area (Å²) in [6, 6.07) is 0.719. The Hall–Kier alpha value is -0.300. The Labute approximate surface area is 95.3 Å². The van der Waals surface area contributed by atoms with Crippen LogP contribution in [-0.2, 0) is 0 Å². The highest BCUT2D eigenvalue weighted by molar-refractivity contribution is 5.03. The van der Waals surface area contributed by atoms with Gasteiger partial charge >= 0.3 is 0 Å². The van der Waals surface area contributed by atoms with E-state index in [0.29, 0.717) is 5.41 Å². The van der Waals surface area contributed by atoms with Crippen LogP contribution in [-0.4, -0.2) is 12.6 Å². The first-order valence-corrected chi connectivity index (χ1v) is 6.35. The zero-order valence-electron chi connectivity index (χ0n) is 10.9. The highest BCUT2D eigenvalue weighted by Gasteiger charge is 2.49. The van der Waals surface area contributed by atoms with E-state index in [4.69, 9.17) is 0 Å². The van der Waals surface area contributed by atoms with E-state index in [1.54, 1.807) is 0 Å². The average molecular weight is 209 g/mol. The Morgan fingerprint density at radius 1 is 1.53 bits per heavy atom. The summed E-state index contributed by atoms with van der Waals surface area (Å²) in [5, 5.41) is 3.70. The summed E-state index contributed by atoms with van der Waals surface area (Å²) >= 11 is 0. The summed E-state index contributed by atoms with van der Waals surface area (Å²) in [5.41, 5.74) is 1.90. The van der Waals surface area contributed by atoms with Crippen molar-refractivity contribution in [2.75, 3.05) is 6.54 Å². The van der Waals surface area contributed by atoms with Gasteiger partial charge in [-0.15, -0.1) is 6.58 Å². The Morgan fingerprint density at radius 2 is 2.13 bits per heavy atom. The molecule has 1 aliphatic carbocycles. The van der Waals surface area contributed by atoms with Gasteiger partial charge in [-0.25, -0.2) is 0 Å². The van der Waals surface area contributed by atoms with Gasteiger partial charge in [0.1, 0.15) is 0 Å². The number of nitrogens with one attached hydrogen (secondary N) is 1. The molecule has 0 bridgehead atoms. The van der Waals surface area contributed by atoms with Gasteiger partial charge in [-0.2, -0.15) is 0 Å². The van der Waals surface area contributed by atoms with Crippen LogP contribution >= 0.6 is 0 Å². The van der Waals surface area contributed by atoms with E-state index >= 15 is 0 Å². The van der Waals surface area contributed by atoms with Gasteiger partial charge in [-0.05, 0) is 50.5 Å². The normalized spacial score (nSPS) is 24.9. The first-order valence-electron chi connectivity index (χ1n) is 6.35. The molecular weight excluding hydrogens is 182 g/mol. The molecule has 1 saturated carbocycles. The van der Waals surface area contributed by atoms with Crippen molar-refractivity contribution in [2.45, 2.75) is 59.4 Å². The minimum Gasteiger partial charge on any atom is -0.314 e. The van der Waals surface area contributed by atoms with Crippen molar-refractivity contribution in [1.82, 2.24) is 5.32 Å². The fourth-order valence-electron chi connectivity index (χ4n) is 2.37. The van der Waals surface area contributed by atoms with Crippen LogP contribution in [0.5, 0.6) is 0 Å². The van der Waals surface area contributed by atoms with Crippen LogP contribution in [0.4, 0.5) is 0 Å². The molecule has 1 aliphatic rings. The monoisotopic (exact) mass is 209 g/mol. The fraction of sp³-hybridized carbons (Fsp3) is 0.857. The van der Waals surface area contributed by atoms with Crippen LogP contribution in [0.3, 0.4) is 0 Å². The number of allylic oxidation sites excluding steroid dienone is 1. The molecule has 1 heteroatoms. The Balaban J connectivity index is 2.36. The molecule has 2 unspecified atom stereocenters. The molecule has 15 heavy (non-hydrogen) atoms. The lowest BCUT2D eigenvalue weighted by Gasteiger charge is -2.20. The summed E-state index contributed by atoms with van der Waals surface area (Å²) in [6.45, 7) is 14.3. The zero-order valence-corrected chi connectivity index (χ0v) is 10.9. The molecule has 88 valence electrons. The van der Waals surface area contributed by atoms with Crippen molar-refractivity contribution in [3.8, 4) is 0 Å². The van der Waals surface area contributed by atoms with Gasteiger partial charge in [0, 0.05) is 6.04 Å². The molecule has 0 amide bonds. The van der Waals surface area contributed by atoms with Crippen molar-refractivity contribution in [2.24, 2.45) is 11.3 Å². The smallest absolute Gasteiger partial charge is 0.0104 e. The first-order chi connectivity index (χ1) is 6.97. The van der Waals surface area contributed by atoms with Gasteiger partial charge in [-0.1, -0.05) is 26.3 Å². The van der Waals surface area contributed by atoms with Crippen LogP contribution in [0.1, 0.15) is 53.4 Å². The number of rotatable bonds is 7. The van der Waals surface area contributed by atoms with E-state index < -0.39 is 0 Å². The molecule has 1 N–H and O–H groups in total. The van der Waals surface area contributed by atoms with Gasteiger partial charge in [0.25, 0.3) is 0 Å². The molecule has 0 aromatic rings.